The maximum Gasteiger partial charge on any atom is 0.264 e. The summed E-state index contributed by atoms with van der Waals surface area (Å²) in [7, 11) is -2.52. The Morgan fingerprint density at radius 2 is 1.57 bits per heavy atom. The normalized spacial score (nSPS) is 14.5. The number of nitrogens with one attached hydrogen (secondary N) is 1. The molecule has 0 saturated heterocycles. The molecule has 1 saturated carbocycles. The molecule has 8 nitrogen and oxygen atoms in total. The molecule has 3 aromatic rings. The first-order valence-corrected chi connectivity index (χ1v) is 16.1. The quantitative estimate of drug-likeness (QED) is 0.308. The van der Waals surface area contributed by atoms with Gasteiger partial charge in [-0.1, -0.05) is 74.7 Å². The summed E-state index contributed by atoms with van der Waals surface area (Å²) in [6.45, 7) is 3.33. The van der Waals surface area contributed by atoms with Gasteiger partial charge in [0.15, 0.2) is 0 Å². The van der Waals surface area contributed by atoms with E-state index in [0.717, 1.165) is 43.2 Å². The van der Waals surface area contributed by atoms with E-state index in [1.807, 2.05) is 31.2 Å². The minimum atomic E-state index is -4.10. The van der Waals surface area contributed by atoms with Crippen LogP contribution in [0.4, 0.5) is 5.69 Å². The van der Waals surface area contributed by atoms with E-state index in [1.54, 1.807) is 56.5 Å². The smallest absolute Gasteiger partial charge is 0.264 e. The summed E-state index contributed by atoms with van der Waals surface area (Å²) in [5.74, 6) is -0.0336. The number of carbonyl (C=O) groups is 2. The van der Waals surface area contributed by atoms with Crippen LogP contribution in [0.5, 0.6) is 5.75 Å². The number of hydrogen-bond donors (Lipinski definition) is 1. The highest BCUT2D eigenvalue weighted by Gasteiger charge is 2.33. The number of para-hydroxylation sites is 1. The summed E-state index contributed by atoms with van der Waals surface area (Å²) in [5, 5.41) is 3.13. The van der Waals surface area contributed by atoms with Crippen LogP contribution in [0.25, 0.3) is 0 Å². The number of benzene rings is 3. The number of carbonyl (C=O) groups excluding carboxylic acids is 2. The van der Waals surface area contributed by atoms with Crippen LogP contribution in [-0.4, -0.2) is 50.9 Å². The molecule has 1 aliphatic rings. The average molecular weight is 592 g/mol. The molecule has 1 atom stereocenters. The lowest BCUT2D eigenvalue weighted by molar-refractivity contribution is -0.139. The number of ether oxygens (including phenoxy) is 1. The Hall–Kier alpha value is -3.85. The van der Waals surface area contributed by atoms with Gasteiger partial charge in [-0.05, 0) is 67.6 Å². The van der Waals surface area contributed by atoms with Gasteiger partial charge in [-0.25, -0.2) is 8.42 Å². The lowest BCUT2D eigenvalue weighted by Gasteiger charge is -2.33. The zero-order valence-electron chi connectivity index (χ0n) is 24.7. The van der Waals surface area contributed by atoms with Crippen LogP contribution in [0.2, 0.25) is 0 Å². The largest absolute Gasteiger partial charge is 0.497 e. The summed E-state index contributed by atoms with van der Waals surface area (Å²) in [5.41, 5.74) is 2.04. The number of anilines is 1. The van der Waals surface area contributed by atoms with E-state index >= 15 is 0 Å². The van der Waals surface area contributed by atoms with Crippen LogP contribution in [-0.2, 0) is 32.6 Å². The average Bonchev–Trinajstić information content (AvgIpc) is 3.03. The third kappa shape index (κ3) is 7.50. The van der Waals surface area contributed by atoms with Crippen molar-refractivity contribution in [3.8, 4) is 5.75 Å². The van der Waals surface area contributed by atoms with Gasteiger partial charge in [-0.3, -0.25) is 13.9 Å². The van der Waals surface area contributed by atoms with E-state index in [2.05, 4.69) is 5.32 Å². The fourth-order valence-electron chi connectivity index (χ4n) is 5.37. The first-order chi connectivity index (χ1) is 20.2. The molecule has 224 valence electrons. The zero-order valence-corrected chi connectivity index (χ0v) is 25.5. The second kappa shape index (κ2) is 14.4. The van der Waals surface area contributed by atoms with Gasteiger partial charge in [0.2, 0.25) is 11.8 Å². The van der Waals surface area contributed by atoms with E-state index < -0.39 is 28.5 Å². The minimum Gasteiger partial charge on any atom is -0.497 e. The van der Waals surface area contributed by atoms with Gasteiger partial charge in [0.1, 0.15) is 18.3 Å². The van der Waals surface area contributed by atoms with E-state index in [4.69, 9.17) is 4.74 Å². The summed E-state index contributed by atoms with van der Waals surface area (Å²) < 4.78 is 34.5. The van der Waals surface area contributed by atoms with Crippen LogP contribution in [0.1, 0.15) is 57.1 Å². The third-order valence-corrected chi connectivity index (χ3v) is 9.66. The Balaban J connectivity index is 1.69. The first kappa shape index (κ1) is 31.1. The maximum absolute atomic E-state index is 14.2. The van der Waals surface area contributed by atoms with Gasteiger partial charge in [0.05, 0.1) is 17.7 Å². The molecule has 1 aliphatic carbocycles. The van der Waals surface area contributed by atoms with Crippen molar-refractivity contribution in [1.82, 2.24) is 10.2 Å². The summed E-state index contributed by atoms with van der Waals surface area (Å²) in [4.78, 5) is 29.2. The number of rotatable bonds is 12. The molecule has 0 bridgehead atoms. The van der Waals surface area contributed by atoms with E-state index in [0.29, 0.717) is 17.9 Å². The molecule has 0 aliphatic heterocycles. The number of methoxy groups -OCH3 is 1. The standard InChI is InChI=1S/C33H41N3O5S/c1-4-27-13-11-12-18-31(27)36(42(39,40)30-16-9-6-10-17-30)24-32(37)35(23-26-19-21-29(41-3)22-20-26)25(2)33(38)34-28-14-7-5-8-15-28/h6,9-13,16-22,25,28H,4-5,7-8,14-15,23-24H2,1-3H3,(H,34,38)/t25-/m1/s1. The highest BCUT2D eigenvalue weighted by molar-refractivity contribution is 7.92. The van der Waals surface area contributed by atoms with Crippen LogP contribution in [0.15, 0.2) is 83.8 Å². The molecule has 1 fully saturated rings. The minimum absolute atomic E-state index is 0.0815. The van der Waals surface area contributed by atoms with Gasteiger partial charge >= 0.3 is 0 Å². The number of nitrogens with zero attached hydrogens (tertiary/aromatic N) is 2. The predicted molar refractivity (Wildman–Crippen MR) is 165 cm³/mol. The van der Waals surface area contributed by atoms with Crippen molar-refractivity contribution >= 4 is 27.5 Å². The molecule has 2 amide bonds. The van der Waals surface area contributed by atoms with Crippen LogP contribution < -0.4 is 14.4 Å². The highest BCUT2D eigenvalue weighted by atomic mass is 32.2. The van der Waals surface area contributed by atoms with Gasteiger partial charge in [-0.2, -0.15) is 0 Å². The van der Waals surface area contributed by atoms with Gasteiger partial charge < -0.3 is 15.0 Å². The lowest BCUT2D eigenvalue weighted by atomic mass is 9.95. The number of sulfonamides is 1. The highest BCUT2D eigenvalue weighted by Crippen LogP contribution is 2.28. The Bertz CT molecular complexity index is 1440. The molecule has 0 heterocycles. The second-order valence-corrected chi connectivity index (χ2v) is 12.6. The summed E-state index contributed by atoms with van der Waals surface area (Å²) in [6.07, 6.45) is 5.72. The van der Waals surface area contributed by atoms with Gasteiger partial charge in [-0.15, -0.1) is 0 Å². The molecular formula is C33H41N3O5S. The Morgan fingerprint density at radius 1 is 0.929 bits per heavy atom. The zero-order chi connectivity index (χ0) is 30.1. The van der Waals surface area contributed by atoms with Crippen molar-refractivity contribution in [2.24, 2.45) is 0 Å². The fraction of sp³-hybridized carbons (Fsp3) is 0.394. The van der Waals surface area contributed by atoms with Crippen LogP contribution in [0.3, 0.4) is 0 Å². The molecule has 1 N–H and O–H groups in total. The Labute approximate surface area is 249 Å². The van der Waals surface area contributed by atoms with E-state index in [9.17, 15) is 18.0 Å². The van der Waals surface area contributed by atoms with Crippen molar-refractivity contribution in [2.75, 3.05) is 18.0 Å². The number of hydrogen-bond acceptors (Lipinski definition) is 5. The van der Waals surface area contributed by atoms with Crippen molar-refractivity contribution in [3.05, 3.63) is 90.0 Å². The number of amides is 2. The summed E-state index contributed by atoms with van der Waals surface area (Å²) in [6, 6.07) is 21.9. The molecule has 0 aromatic heterocycles. The number of aryl methyl sites for hydroxylation is 1. The molecule has 0 radical (unpaired) electrons. The second-order valence-electron chi connectivity index (χ2n) is 10.7. The van der Waals surface area contributed by atoms with Gasteiger partial charge in [0.25, 0.3) is 10.0 Å². The summed E-state index contributed by atoms with van der Waals surface area (Å²) >= 11 is 0. The van der Waals surface area contributed by atoms with Crippen molar-refractivity contribution in [3.63, 3.8) is 0 Å². The van der Waals surface area contributed by atoms with E-state index in [-0.39, 0.29) is 23.4 Å². The van der Waals surface area contributed by atoms with E-state index in [1.165, 1.54) is 21.3 Å². The fourth-order valence-corrected chi connectivity index (χ4v) is 6.84. The van der Waals surface area contributed by atoms with Crippen LogP contribution >= 0.6 is 0 Å². The SMILES string of the molecule is CCc1ccccc1N(CC(=O)N(Cc1ccc(OC)cc1)[C@H](C)C(=O)NC1CCCCC1)S(=O)(=O)c1ccccc1. The Morgan fingerprint density at radius 3 is 2.21 bits per heavy atom. The van der Waals surface area contributed by atoms with Crippen molar-refractivity contribution < 1.29 is 22.7 Å². The monoisotopic (exact) mass is 591 g/mol. The molecule has 0 spiro atoms. The molecule has 0 unspecified atom stereocenters. The topological polar surface area (TPSA) is 96.0 Å². The van der Waals surface area contributed by atoms with Crippen molar-refractivity contribution in [2.45, 2.75) is 75.9 Å². The molecular weight excluding hydrogens is 550 g/mol. The lowest BCUT2D eigenvalue weighted by Crippen LogP contribution is -2.53. The Kier molecular flexibility index (Phi) is 10.6. The third-order valence-electron chi connectivity index (χ3n) is 7.88. The maximum atomic E-state index is 14.2. The predicted octanol–water partition coefficient (Wildman–Crippen LogP) is 5.32. The van der Waals surface area contributed by atoms with Crippen LogP contribution in [0, 0.1) is 0 Å². The first-order valence-electron chi connectivity index (χ1n) is 14.6. The molecule has 9 heteroatoms. The molecule has 4 rings (SSSR count). The van der Waals surface area contributed by atoms with Gasteiger partial charge in [0, 0.05) is 12.6 Å². The molecule has 3 aromatic carbocycles. The van der Waals surface area contributed by atoms with Crippen molar-refractivity contribution in [1.29, 1.82) is 0 Å². The molecule has 42 heavy (non-hydrogen) atoms.